The van der Waals surface area contributed by atoms with Crippen molar-refractivity contribution >= 4 is 18.5 Å². The largest absolute Gasteiger partial charge is 0.494 e. The van der Waals surface area contributed by atoms with Crippen LogP contribution in [-0.4, -0.2) is 30.8 Å². The average molecular weight is 293 g/mol. The topological polar surface area (TPSA) is 47.6 Å². The average Bonchev–Trinajstić information content (AvgIpc) is 2.59. The summed E-state index contributed by atoms with van der Waals surface area (Å²) in [4.78, 5) is 11.9. The Labute approximate surface area is 125 Å². The van der Waals surface area contributed by atoms with E-state index in [0.29, 0.717) is 12.0 Å². The summed E-state index contributed by atoms with van der Waals surface area (Å²) in [6.45, 7) is 10.0. The Balaban J connectivity index is 2.31. The summed E-state index contributed by atoms with van der Waals surface area (Å²) in [5, 5.41) is 2.59. The highest BCUT2D eigenvalue weighted by molar-refractivity contribution is 6.62. The number of benzene rings is 1. The summed E-state index contributed by atoms with van der Waals surface area (Å²) in [5.41, 5.74) is -0.309. The summed E-state index contributed by atoms with van der Waals surface area (Å²) >= 11 is 0. The molecular formula is C15H21BFNO3. The third kappa shape index (κ3) is 2.96. The number of amides is 1. The molecule has 1 aliphatic rings. The Hall–Kier alpha value is -1.40. The number of hydrogen-bond donors (Lipinski definition) is 1. The highest BCUT2D eigenvalue weighted by Gasteiger charge is 2.51. The zero-order valence-electron chi connectivity index (χ0n) is 13.1. The second-order valence-corrected chi connectivity index (χ2v) is 6.19. The van der Waals surface area contributed by atoms with Crippen molar-refractivity contribution in [2.75, 3.05) is 6.54 Å². The molecular weight excluding hydrogens is 272 g/mol. The molecule has 1 saturated heterocycles. The lowest BCUT2D eigenvalue weighted by atomic mass is 9.78. The van der Waals surface area contributed by atoms with Gasteiger partial charge in [-0.3, -0.25) is 4.79 Å². The molecule has 4 nitrogen and oxygen atoms in total. The van der Waals surface area contributed by atoms with E-state index in [1.54, 1.807) is 13.0 Å². The first-order valence-electron chi connectivity index (χ1n) is 7.11. The fraction of sp³-hybridized carbons (Fsp3) is 0.533. The Morgan fingerprint density at radius 3 is 2.33 bits per heavy atom. The summed E-state index contributed by atoms with van der Waals surface area (Å²) < 4.78 is 25.6. The van der Waals surface area contributed by atoms with Crippen LogP contribution in [0.5, 0.6) is 0 Å². The molecule has 0 bridgehead atoms. The minimum Gasteiger partial charge on any atom is -0.399 e. The van der Waals surface area contributed by atoms with Crippen molar-refractivity contribution < 1.29 is 18.5 Å². The van der Waals surface area contributed by atoms with Crippen LogP contribution >= 0.6 is 0 Å². The van der Waals surface area contributed by atoms with Crippen molar-refractivity contribution in [3.05, 3.63) is 29.6 Å². The van der Waals surface area contributed by atoms with E-state index in [9.17, 15) is 9.18 Å². The van der Waals surface area contributed by atoms with Gasteiger partial charge >= 0.3 is 7.12 Å². The molecule has 2 rings (SSSR count). The maximum atomic E-state index is 13.8. The van der Waals surface area contributed by atoms with Crippen molar-refractivity contribution in [3.8, 4) is 0 Å². The molecule has 0 aromatic heterocycles. The molecule has 6 heteroatoms. The molecule has 114 valence electrons. The normalized spacial score (nSPS) is 19.6. The second-order valence-electron chi connectivity index (χ2n) is 6.19. The molecule has 1 fully saturated rings. The van der Waals surface area contributed by atoms with Crippen LogP contribution in [0.1, 0.15) is 45.0 Å². The lowest BCUT2D eigenvalue weighted by Gasteiger charge is -2.32. The van der Waals surface area contributed by atoms with Gasteiger partial charge in [0.1, 0.15) is 5.82 Å². The van der Waals surface area contributed by atoms with E-state index < -0.39 is 30.0 Å². The van der Waals surface area contributed by atoms with E-state index in [1.165, 1.54) is 12.1 Å². The first kappa shape index (κ1) is 16.0. The molecule has 1 N–H and O–H groups in total. The molecule has 1 aliphatic heterocycles. The number of rotatable bonds is 3. The fourth-order valence-corrected chi connectivity index (χ4v) is 2.10. The minimum atomic E-state index is -0.608. The Morgan fingerprint density at radius 2 is 1.81 bits per heavy atom. The van der Waals surface area contributed by atoms with E-state index in [-0.39, 0.29) is 5.56 Å². The number of halogens is 1. The monoisotopic (exact) mass is 293 g/mol. The summed E-state index contributed by atoms with van der Waals surface area (Å²) in [6.07, 6.45) is 0. The van der Waals surface area contributed by atoms with Crippen molar-refractivity contribution in [1.29, 1.82) is 0 Å². The lowest BCUT2D eigenvalue weighted by Crippen LogP contribution is -2.41. The molecule has 1 aromatic carbocycles. The van der Waals surface area contributed by atoms with Crippen molar-refractivity contribution in [1.82, 2.24) is 5.32 Å². The van der Waals surface area contributed by atoms with Crippen LogP contribution in [0.4, 0.5) is 4.39 Å². The van der Waals surface area contributed by atoms with Crippen LogP contribution in [0.25, 0.3) is 0 Å². The van der Waals surface area contributed by atoms with Crippen molar-refractivity contribution in [2.45, 2.75) is 45.8 Å². The molecule has 0 aliphatic carbocycles. The summed E-state index contributed by atoms with van der Waals surface area (Å²) in [5.74, 6) is -0.991. The van der Waals surface area contributed by atoms with Gasteiger partial charge in [0.05, 0.1) is 16.8 Å². The Kier molecular flexibility index (Phi) is 4.13. The fourth-order valence-electron chi connectivity index (χ4n) is 2.10. The van der Waals surface area contributed by atoms with Gasteiger partial charge < -0.3 is 14.6 Å². The SMILES string of the molecule is CCNC(=O)c1cc(B2OC(C)(C)C(C)(C)O2)ccc1F. The molecule has 21 heavy (non-hydrogen) atoms. The van der Waals surface area contributed by atoms with Crippen molar-refractivity contribution in [2.24, 2.45) is 0 Å². The predicted octanol–water partition coefficient (Wildman–Crippen LogP) is 1.87. The van der Waals surface area contributed by atoms with Crippen LogP contribution in [0.15, 0.2) is 18.2 Å². The van der Waals surface area contributed by atoms with Gasteiger partial charge in [-0.2, -0.15) is 0 Å². The predicted molar refractivity (Wildman–Crippen MR) is 80.1 cm³/mol. The molecule has 1 aromatic rings. The van der Waals surface area contributed by atoms with E-state index in [4.69, 9.17) is 9.31 Å². The smallest absolute Gasteiger partial charge is 0.399 e. The van der Waals surface area contributed by atoms with E-state index >= 15 is 0 Å². The summed E-state index contributed by atoms with van der Waals surface area (Å²) in [6, 6.07) is 4.34. The van der Waals surface area contributed by atoms with E-state index in [2.05, 4.69) is 5.32 Å². The maximum absolute atomic E-state index is 13.8. The minimum absolute atomic E-state index is 0.00376. The highest BCUT2D eigenvalue weighted by atomic mass is 19.1. The number of nitrogens with one attached hydrogen (secondary N) is 1. The first-order valence-corrected chi connectivity index (χ1v) is 7.11. The van der Waals surface area contributed by atoms with Gasteiger partial charge in [0.2, 0.25) is 0 Å². The van der Waals surface area contributed by atoms with Crippen molar-refractivity contribution in [3.63, 3.8) is 0 Å². The lowest BCUT2D eigenvalue weighted by molar-refractivity contribution is 0.00578. The van der Waals surface area contributed by atoms with Crippen LogP contribution < -0.4 is 10.8 Å². The third-order valence-corrected chi connectivity index (χ3v) is 4.10. The zero-order chi connectivity index (χ0) is 15.8. The highest BCUT2D eigenvalue weighted by Crippen LogP contribution is 2.36. The molecule has 0 spiro atoms. The second kappa shape index (κ2) is 5.42. The van der Waals surface area contributed by atoms with Crippen LogP contribution in [-0.2, 0) is 9.31 Å². The molecule has 0 atom stereocenters. The van der Waals surface area contributed by atoms with Gasteiger partial charge in [0.25, 0.3) is 5.91 Å². The number of hydrogen-bond acceptors (Lipinski definition) is 3. The maximum Gasteiger partial charge on any atom is 0.494 e. The van der Waals surface area contributed by atoms with Gasteiger partial charge in [-0.1, -0.05) is 6.07 Å². The van der Waals surface area contributed by atoms with E-state index in [0.717, 1.165) is 0 Å². The Bertz CT molecular complexity index is 544. The van der Waals surface area contributed by atoms with Crippen LogP contribution in [0.2, 0.25) is 0 Å². The van der Waals surface area contributed by atoms with Gasteiger partial charge in [0.15, 0.2) is 0 Å². The van der Waals surface area contributed by atoms with Gasteiger partial charge in [-0.05, 0) is 52.2 Å². The molecule has 1 amide bonds. The van der Waals surface area contributed by atoms with E-state index in [1.807, 2.05) is 27.7 Å². The summed E-state index contributed by atoms with van der Waals surface area (Å²) in [7, 11) is -0.608. The van der Waals surface area contributed by atoms with Crippen LogP contribution in [0.3, 0.4) is 0 Å². The third-order valence-electron chi connectivity index (χ3n) is 4.10. The Morgan fingerprint density at radius 1 is 1.24 bits per heavy atom. The van der Waals surface area contributed by atoms with Crippen LogP contribution in [0, 0.1) is 5.82 Å². The van der Waals surface area contributed by atoms with Gasteiger partial charge in [0, 0.05) is 6.54 Å². The molecule has 0 radical (unpaired) electrons. The molecule has 0 saturated carbocycles. The van der Waals surface area contributed by atoms with Gasteiger partial charge in [-0.25, -0.2) is 4.39 Å². The van der Waals surface area contributed by atoms with Gasteiger partial charge in [-0.15, -0.1) is 0 Å². The number of carbonyl (C=O) groups is 1. The quantitative estimate of drug-likeness (QED) is 0.866. The standard InChI is InChI=1S/C15H21BFNO3/c1-6-18-13(19)11-9-10(7-8-12(11)17)16-20-14(2,3)15(4,5)21-16/h7-9H,6H2,1-5H3,(H,18,19). The molecule has 1 heterocycles. The molecule has 0 unspecified atom stereocenters. The number of carbonyl (C=O) groups excluding carboxylic acids is 1. The zero-order valence-corrected chi connectivity index (χ0v) is 13.1. The first-order chi connectivity index (χ1) is 9.68.